The molecule has 5 nitrogen and oxygen atoms in total. The Morgan fingerprint density at radius 2 is 1.76 bits per heavy atom. The fourth-order valence-corrected chi connectivity index (χ4v) is 3.12. The van der Waals surface area contributed by atoms with E-state index in [2.05, 4.69) is 27.8 Å². The molecule has 0 fully saturated rings. The summed E-state index contributed by atoms with van der Waals surface area (Å²) < 4.78 is 5.19. The van der Waals surface area contributed by atoms with E-state index < -0.39 is 0 Å². The highest BCUT2D eigenvalue weighted by atomic mass is 32.2. The largest absolute Gasteiger partial charge is 0.459 e. The molecule has 0 saturated carbocycles. The smallest absolute Gasteiger partial charge is 0.338 e. The minimum Gasteiger partial charge on any atom is -0.459 e. The minimum absolute atomic E-state index is 0.112. The molecule has 130 valence electrons. The lowest BCUT2D eigenvalue weighted by Crippen LogP contribution is -2.26. The van der Waals surface area contributed by atoms with Crippen molar-refractivity contribution in [1.29, 1.82) is 0 Å². The molecule has 0 amide bonds. The van der Waals surface area contributed by atoms with Crippen molar-refractivity contribution >= 4 is 29.4 Å². The topological polar surface area (TPSA) is 62.7 Å². The third-order valence-corrected chi connectivity index (χ3v) is 4.48. The van der Waals surface area contributed by atoms with Crippen molar-refractivity contribution in [3.8, 4) is 0 Å². The monoisotopic (exact) mass is 355 g/mol. The summed E-state index contributed by atoms with van der Waals surface area (Å²) in [4.78, 5) is 18.4. The summed E-state index contributed by atoms with van der Waals surface area (Å²) in [6.45, 7) is 5.39. The van der Waals surface area contributed by atoms with Crippen LogP contribution in [0.3, 0.4) is 0 Å². The molecule has 0 atom stereocenters. The van der Waals surface area contributed by atoms with Gasteiger partial charge in [0.15, 0.2) is 5.96 Å². The molecule has 1 aliphatic rings. The summed E-state index contributed by atoms with van der Waals surface area (Å²) in [6.07, 6.45) is -0.112. The quantitative estimate of drug-likeness (QED) is 0.800. The number of benzene rings is 2. The van der Waals surface area contributed by atoms with Crippen molar-refractivity contribution in [2.75, 3.05) is 18.4 Å². The van der Waals surface area contributed by atoms with Crippen LogP contribution in [0.5, 0.6) is 0 Å². The van der Waals surface area contributed by atoms with Gasteiger partial charge in [0.25, 0.3) is 0 Å². The van der Waals surface area contributed by atoms with Crippen LogP contribution in [-0.4, -0.2) is 31.1 Å². The second-order valence-electron chi connectivity index (χ2n) is 5.89. The summed E-state index contributed by atoms with van der Waals surface area (Å²) in [5.41, 5.74) is 1.58. The molecule has 0 saturated heterocycles. The SMILES string of the molecule is CC(C)OC(=O)c1ccc(Sc2ccc(NC3=NCCN3)cc2)cc1. The third-order valence-electron chi connectivity index (χ3n) is 3.46. The molecular formula is C19H21N3O2S. The van der Waals surface area contributed by atoms with E-state index in [1.807, 2.05) is 38.1 Å². The lowest BCUT2D eigenvalue weighted by atomic mass is 10.2. The van der Waals surface area contributed by atoms with Gasteiger partial charge < -0.3 is 15.4 Å². The first kappa shape index (κ1) is 17.4. The van der Waals surface area contributed by atoms with E-state index in [9.17, 15) is 4.79 Å². The van der Waals surface area contributed by atoms with Crippen LogP contribution in [0.4, 0.5) is 5.69 Å². The zero-order chi connectivity index (χ0) is 17.6. The standard InChI is InChI=1S/C19H21N3O2S/c1-13(2)24-18(23)14-3-7-16(8-4-14)25-17-9-5-15(6-10-17)22-19-20-11-12-21-19/h3-10,13H,11-12H2,1-2H3,(H2,20,21,22). The molecule has 25 heavy (non-hydrogen) atoms. The molecule has 2 aromatic carbocycles. The van der Waals surface area contributed by atoms with Gasteiger partial charge in [-0.05, 0) is 62.4 Å². The van der Waals surface area contributed by atoms with E-state index in [1.54, 1.807) is 23.9 Å². The Morgan fingerprint density at radius 1 is 1.12 bits per heavy atom. The van der Waals surface area contributed by atoms with Crippen LogP contribution < -0.4 is 10.6 Å². The highest BCUT2D eigenvalue weighted by Crippen LogP contribution is 2.28. The number of guanidine groups is 1. The Labute approximate surface area is 151 Å². The minimum atomic E-state index is -0.287. The lowest BCUT2D eigenvalue weighted by Gasteiger charge is -2.09. The van der Waals surface area contributed by atoms with Gasteiger partial charge >= 0.3 is 5.97 Å². The number of nitrogens with zero attached hydrogens (tertiary/aromatic N) is 1. The summed E-state index contributed by atoms with van der Waals surface area (Å²) in [5, 5.41) is 6.43. The van der Waals surface area contributed by atoms with Gasteiger partial charge in [0, 0.05) is 22.0 Å². The predicted molar refractivity (Wildman–Crippen MR) is 101 cm³/mol. The van der Waals surface area contributed by atoms with Crippen LogP contribution in [0.2, 0.25) is 0 Å². The van der Waals surface area contributed by atoms with Gasteiger partial charge in [0.1, 0.15) is 0 Å². The zero-order valence-electron chi connectivity index (χ0n) is 14.3. The van der Waals surface area contributed by atoms with Gasteiger partial charge in [-0.1, -0.05) is 11.8 Å². The van der Waals surface area contributed by atoms with Crippen LogP contribution in [0, 0.1) is 0 Å². The number of hydrogen-bond acceptors (Lipinski definition) is 6. The van der Waals surface area contributed by atoms with Crippen molar-refractivity contribution in [2.45, 2.75) is 29.7 Å². The number of hydrogen-bond donors (Lipinski definition) is 2. The molecule has 0 aromatic heterocycles. The van der Waals surface area contributed by atoms with Gasteiger partial charge in [-0.25, -0.2) is 4.79 Å². The van der Waals surface area contributed by atoms with E-state index in [1.165, 1.54) is 0 Å². The number of carbonyl (C=O) groups is 1. The molecular weight excluding hydrogens is 334 g/mol. The highest BCUT2D eigenvalue weighted by Gasteiger charge is 2.09. The summed E-state index contributed by atoms with van der Waals surface area (Å²) in [5.74, 6) is 0.537. The Balaban J connectivity index is 1.59. The number of rotatable bonds is 5. The van der Waals surface area contributed by atoms with Gasteiger partial charge in [0.05, 0.1) is 18.2 Å². The summed E-state index contributed by atoms with van der Waals surface area (Å²) >= 11 is 1.65. The zero-order valence-corrected chi connectivity index (χ0v) is 15.1. The summed E-state index contributed by atoms with van der Waals surface area (Å²) in [6, 6.07) is 15.6. The van der Waals surface area contributed by atoms with Crippen molar-refractivity contribution in [1.82, 2.24) is 5.32 Å². The number of esters is 1. The Kier molecular flexibility index (Phi) is 5.60. The van der Waals surface area contributed by atoms with Crippen molar-refractivity contribution < 1.29 is 9.53 Å². The van der Waals surface area contributed by atoms with Crippen molar-refractivity contribution in [3.05, 3.63) is 54.1 Å². The fourth-order valence-electron chi connectivity index (χ4n) is 2.30. The molecule has 0 bridgehead atoms. The first-order chi connectivity index (χ1) is 12.1. The van der Waals surface area contributed by atoms with E-state index >= 15 is 0 Å². The number of aliphatic imine (C=N–C) groups is 1. The summed E-state index contributed by atoms with van der Waals surface area (Å²) in [7, 11) is 0. The molecule has 2 aromatic rings. The van der Waals surface area contributed by atoms with Gasteiger partial charge in [-0.2, -0.15) is 0 Å². The average molecular weight is 355 g/mol. The maximum Gasteiger partial charge on any atom is 0.338 e. The second kappa shape index (κ2) is 8.07. The Hall–Kier alpha value is -2.47. The molecule has 1 aliphatic heterocycles. The van der Waals surface area contributed by atoms with E-state index in [0.29, 0.717) is 5.56 Å². The second-order valence-corrected chi connectivity index (χ2v) is 7.03. The van der Waals surface area contributed by atoms with Crippen LogP contribution in [0.1, 0.15) is 24.2 Å². The molecule has 1 heterocycles. The molecule has 3 rings (SSSR count). The van der Waals surface area contributed by atoms with Gasteiger partial charge in [-0.15, -0.1) is 0 Å². The van der Waals surface area contributed by atoms with Crippen molar-refractivity contribution in [3.63, 3.8) is 0 Å². The van der Waals surface area contributed by atoms with Crippen LogP contribution >= 0.6 is 11.8 Å². The average Bonchev–Trinajstić information content (AvgIpc) is 3.10. The first-order valence-corrected chi connectivity index (χ1v) is 9.06. The van der Waals surface area contributed by atoms with Crippen LogP contribution in [0.15, 0.2) is 63.3 Å². The molecule has 0 spiro atoms. The van der Waals surface area contributed by atoms with Crippen LogP contribution in [0.25, 0.3) is 0 Å². The first-order valence-electron chi connectivity index (χ1n) is 8.24. The van der Waals surface area contributed by atoms with Crippen molar-refractivity contribution in [2.24, 2.45) is 4.99 Å². The lowest BCUT2D eigenvalue weighted by molar-refractivity contribution is 0.0378. The van der Waals surface area contributed by atoms with Gasteiger partial charge in [0.2, 0.25) is 0 Å². The van der Waals surface area contributed by atoms with Gasteiger partial charge in [-0.3, -0.25) is 4.99 Å². The molecule has 2 N–H and O–H groups in total. The van der Waals surface area contributed by atoms with E-state index in [-0.39, 0.29) is 12.1 Å². The molecule has 0 unspecified atom stereocenters. The van der Waals surface area contributed by atoms with E-state index in [0.717, 1.165) is 34.5 Å². The number of carbonyl (C=O) groups excluding carboxylic acids is 1. The number of nitrogens with one attached hydrogen (secondary N) is 2. The maximum atomic E-state index is 11.9. The maximum absolute atomic E-state index is 11.9. The highest BCUT2D eigenvalue weighted by molar-refractivity contribution is 7.99. The molecule has 6 heteroatoms. The number of anilines is 1. The fraction of sp³-hybridized carbons (Fsp3) is 0.263. The van der Waals surface area contributed by atoms with Crippen LogP contribution in [-0.2, 0) is 4.74 Å². The molecule has 0 radical (unpaired) electrons. The normalized spacial score (nSPS) is 13.3. The molecule has 0 aliphatic carbocycles. The predicted octanol–water partition coefficient (Wildman–Crippen LogP) is 3.77. The van der Waals surface area contributed by atoms with E-state index in [4.69, 9.17) is 4.74 Å². The third kappa shape index (κ3) is 5.00. The number of ether oxygens (including phenoxy) is 1. The Morgan fingerprint density at radius 3 is 2.32 bits per heavy atom. The Bertz CT molecular complexity index is 755.